The van der Waals surface area contributed by atoms with E-state index in [1.54, 1.807) is 30.3 Å². The SMILES string of the molecule is Cc1ccc(/C=C(\C#N)c2nc(-c3cccs3)c(NC(=O)c3ccc(Cl)cc3)s2)cc1. The van der Waals surface area contributed by atoms with Gasteiger partial charge < -0.3 is 5.32 Å². The number of thiophene rings is 1. The van der Waals surface area contributed by atoms with Crippen LogP contribution in [-0.4, -0.2) is 10.9 Å². The molecule has 0 aliphatic carbocycles. The standard InChI is InChI=1S/C24H16ClN3OS2/c1-15-4-6-16(7-5-15)13-18(14-26)23-27-21(20-3-2-12-30-20)24(31-23)28-22(29)17-8-10-19(25)11-9-17/h2-13H,1H3,(H,28,29)/b18-13+. The molecule has 2 aromatic heterocycles. The van der Waals surface area contributed by atoms with Crippen LogP contribution >= 0.6 is 34.3 Å². The Morgan fingerprint density at radius 2 is 1.87 bits per heavy atom. The lowest BCUT2D eigenvalue weighted by Gasteiger charge is -2.04. The van der Waals surface area contributed by atoms with Gasteiger partial charge in [-0.1, -0.05) is 58.8 Å². The van der Waals surface area contributed by atoms with E-state index in [1.165, 1.54) is 22.7 Å². The molecule has 0 saturated carbocycles. The van der Waals surface area contributed by atoms with Crippen molar-refractivity contribution in [2.24, 2.45) is 0 Å². The summed E-state index contributed by atoms with van der Waals surface area (Å²) in [6, 6.07) is 20.7. The van der Waals surface area contributed by atoms with Crippen molar-refractivity contribution in [2.45, 2.75) is 6.92 Å². The molecule has 4 rings (SSSR count). The summed E-state index contributed by atoms with van der Waals surface area (Å²) in [5, 5.41) is 16.4. The fourth-order valence-electron chi connectivity index (χ4n) is 2.85. The zero-order chi connectivity index (χ0) is 21.8. The maximum Gasteiger partial charge on any atom is 0.256 e. The lowest BCUT2D eigenvalue weighted by Crippen LogP contribution is -2.11. The van der Waals surface area contributed by atoms with Gasteiger partial charge in [0.05, 0.1) is 10.5 Å². The fourth-order valence-corrected chi connectivity index (χ4v) is 4.70. The Labute approximate surface area is 193 Å². The summed E-state index contributed by atoms with van der Waals surface area (Å²) < 4.78 is 0. The van der Waals surface area contributed by atoms with E-state index in [1.807, 2.05) is 48.7 Å². The van der Waals surface area contributed by atoms with E-state index >= 15 is 0 Å². The summed E-state index contributed by atoms with van der Waals surface area (Å²) in [5.74, 6) is -0.259. The zero-order valence-corrected chi connectivity index (χ0v) is 18.8. The molecule has 0 unspecified atom stereocenters. The lowest BCUT2D eigenvalue weighted by atomic mass is 10.1. The number of halogens is 1. The van der Waals surface area contributed by atoms with Crippen LogP contribution in [0.5, 0.6) is 0 Å². The summed E-state index contributed by atoms with van der Waals surface area (Å²) in [6.45, 7) is 2.02. The van der Waals surface area contributed by atoms with Gasteiger partial charge in [-0.2, -0.15) is 5.26 Å². The molecular weight excluding hydrogens is 446 g/mol. The van der Waals surface area contributed by atoms with Gasteiger partial charge in [-0.3, -0.25) is 4.79 Å². The van der Waals surface area contributed by atoms with Crippen molar-refractivity contribution in [1.82, 2.24) is 4.98 Å². The molecule has 0 fully saturated rings. The van der Waals surface area contributed by atoms with E-state index in [-0.39, 0.29) is 5.91 Å². The number of nitrogens with one attached hydrogen (secondary N) is 1. The number of aryl methyl sites for hydroxylation is 1. The van der Waals surface area contributed by atoms with E-state index in [4.69, 9.17) is 16.6 Å². The van der Waals surface area contributed by atoms with Crippen LogP contribution in [0.15, 0.2) is 66.0 Å². The quantitative estimate of drug-likeness (QED) is 0.321. The molecule has 4 aromatic rings. The molecule has 31 heavy (non-hydrogen) atoms. The van der Waals surface area contributed by atoms with Gasteiger partial charge in [0.1, 0.15) is 21.8 Å². The largest absolute Gasteiger partial charge is 0.312 e. The first-order valence-electron chi connectivity index (χ1n) is 9.34. The van der Waals surface area contributed by atoms with Gasteiger partial charge in [0, 0.05) is 10.6 Å². The third-order valence-electron chi connectivity index (χ3n) is 4.45. The second-order valence-electron chi connectivity index (χ2n) is 6.72. The highest BCUT2D eigenvalue weighted by Crippen LogP contribution is 2.38. The normalized spacial score (nSPS) is 11.2. The molecule has 4 nitrogen and oxygen atoms in total. The van der Waals surface area contributed by atoms with E-state index in [0.717, 1.165) is 16.0 Å². The minimum atomic E-state index is -0.259. The number of nitrogens with zero attached hydrogens (tertiary/aromatic N) is 2. The van der Waals surface area contributed by atoms with Crippen molar-refractivity contribution in [2.75, 3.05) is 5.32 Å². The third-order valence-corrected chi connectivity index (χ3v) is 6.59. The third kappa shape index (κ3) is 4.92. The minimum absolute atomic E-state index is 0.259. The summed E-state index contributed by atoms with van der Waals surface area (Å²) in [7, 11) is 0. The number of anilines is 1. The highest BCUT2D eigenvalue weighted by atomic mass is 35.5. The molecule has 152 valence electrons. The Bertz CT molecular complexity index is 1280. The van der Waals surface area contributed by atoms with Gasteiger partial charge in [0.15, 0.2) is 0 Å². The monoisotopic (exact) mass is 461 g/mol. The molecular formula is C24H16ClN3OS2. The summed E-state index contributed by atoms with van der Waals surface area (Å²) in [4.78, 5) is 18.4. The minimum Gasteiger partial charge on any atom is -0.312 e. The maximum atomic E-state index is 12.8. The van der Waals surface area contributed by atoms with Gasteiger partial charge in [-0.05, 0) is 54.3 Å². The van der Waals surface area contributed by atoms with Crippen molar-refractivity contribution < 1.29 is 4.79 Å². The number of amides is 1. The molecule has 1 amide bonds. The van der Waals surface area contributed by atoms with Crippen LogP contribution in [0, 0.1) is 18.3 Å². The molecule has 0 atom stereocenters. The summed E-state index contributed by atoms with van der Waals surface area (Å²) >= 11 is 8.74. The number of allylic oxidation sites excluding steroid dienone is 1. The van der Waals surface area contributed by atoms with Crippen LogP contribution < -0.4 is 5.32 Å². The van der Waals surface area contributed by atoms with Crippen molar-refractivity contribution in [3.8, 4) is 16.6 Å². The first kappa shape index (κ1) is 21.0. The molecule has 2 aromatic carbocycles. The predicted molar refractivity (Wildman–Crippen MR) is 129 cm³/mol. The fraction of sp³-hybridized carbons (Fsp3) is 0.0417. The molecule has 1 N–H and O–H groups in total. The Morgan fingerprint density at radius 1 is 1.13 bits per heavy atom. The molecule has 7 heteroatoms. The van der Waals surface area contributed by atoms with Gasteiger partial charge in [0.25, 0.3) is 5.91 Å². The topological polar surface area (TPSA) is 65.8 Å². The second kappa shape index (κ2) is 9.27. The second-order valence-corrected chi connectivity index (χ2v) is 9.10. The maximum absolute atomic E-state index is 12.8. The summed E-state index contributed by atoms with van der Waals surface area (Å²) in [5.41, 5.74) is 3.66. The molecule has 2 heterocycles. The van der Waals surface area contributed by atoms with Crippen LogP contribution in [0.4, 0.5) is 5.00 Å². The van der Waals surface area contributed by atoms with Gasteiger partial charge in [-0.15, -0.1) is 11.3 Å². The number of thiazole rings is 1. The van der Waals surface area contributed by atoms with Crippen molar-refractivity contribution in [1.29, 1.82) is 5.26 Å². The highest BCUT2D eigenvalue weighted by molar-refractivity contribution is 7.19. The van der Waals surface area contributed by atoms with Gasteiger partial charge in [0.2, 0.25) is 0 Å². The molecule has 0 aliphatic rings. The van der Waals surface area contributed by atoms with E-state index < -0.39 is 0 Å². The number of hydrogen-bond acceptors (Lipinski definition) is 5. The number of carbonyl (C=O) groups excluding carboxylic acids is 1. The van der Waals surface area contributed by atoms with Crippen molar-refractivity contribution in [3.63, 3.8) is 0 Å². The van der Waals surface area contributed by atoms with Crippen LogP contribution in [0.25, 0.3) is 22.2 Å². The first-order valence-corrected chi connectivity index (χ1v) is 11.4. The van der Waals surface area contributed by atoms with E-state index in [2.05, 4.69) is 11.4 Å². The number of hydrogen-bond donors (Lipinski definition) is 1. The van der Waals surface area contributed by atoms with Gasteiger partial charge >= 0.3 is 0 Å². The number of nitriles is 1. The molecule has 0 bridgehead atoms. The van der Waals surface area contributed by atoms with Crippen LogP contribution in [0.3, 0.4) is 0 Å². The molecule has 0 radical (unpaired) electrons. The van der Waals surface area contributed by atoms with E-state index in [0.29, 0.717) is 31.9 Å². The highest BCUT2D eigenvalue weighted by Gasteiger charge is 2.19. The van der Waals surface area contributed by atoms with Crippen LogP contribution in [-0.2, 0) is 0 Å². The van der Waals surface area contributed by atoms with Crippen molar-refractivity contribution in [3.05, 3.63) is 92.8 Å². The number of rotatable bonds is 5. The molecule has 0 saturated heterocycles. The Kier molecular flexibility index (Phi) is 6.28. The average molecular weight is 462 g/mol. The average Bonchev–Trinajstić information content (AvgIpc) is 3.44. The predicted octanol–water partition coefficient (Wildman–Crippen LogP) is 7.15. The van der Waals surface area contributed by atoms with Crippen LogP contribution in [0.1, 0.15) is 26.5 Å². The van der Waals surface area contributed by atoms with E-state index in [9.17, 15) is 10.1 Å². The number of benzene rings is 2. The Balaban J connectivity index is 1.71. The Morgan fingerprint density at radius 3 is 2.52 bits per heavy atom. The number of aromatic nitrogens is 1. The first-order chi connectivity index (χ1) is 15.0. The zero-order valence-electron chi connectivity index (χ0n) is 16.4. The van der Waals surface area contributed by atoms with Gasteiger partial charge in [-0.25, -0.2) is 4.98 Å². The van der Waals surface area contributed by atoms with Crippen LogP contribution in [0.2, 0.25) is 5.02 Å². The molecule has 0 aliphatic heterocycles. The molecule has 0 spiro atoms. The Hall–Kier alpha value is -3.24. The van der Waals surface area contributed by atoms with Crippen molar-refractivity contribution >= 4 is 56.8 Å². The number of carbonyl (C=O) groups is 1. The lowest BCUT2D eigenvalue weighted by molar-refractivity contribution is 0.102. The summed E-state index contributed by atoms with van der Waals surface area (Å²) in [6.07, 6.45) is 1.81. The smallest absolute Gasteiger partial charge is 0.256 e.